The van der Waals surface area contributed by atoms with Crippen LogP contribution in [-0.2, 0) is 6.54 Å². The van der Waals surface area contributed by atoms with Crippen LogP contribution >= 0.6 is 0 Å². The summed E-state index contributed by atoms with van der Waals surface area (Å²) in [5.41, 5.74) is 3.51. The molecule has 13 rings (SSSR count). The van der Waals surface area contributed by atoms with Crippen LogP contribution in [0.3, 0.4) is 0 Å². The van der Waals surface area contributed by atoms with Crippen molar-refractivity contribution in [1.82, 2.24) is 15.0 Å². The van der Waals surface area contributed by atoms with Gasteiger partial charge in [0.05, 0.1) is 18.4 Å². The molecule has 0 amide bonds. The van der Waals surface area contributed by atoms with Crippen molar-refractivity contribution in [2.24, 2.45) is 0 Å². The van der Waals surface area contributed by atoms with Gasteiger partial charge in [0, 0.05) is 5.56 Å². The summed E-state index contributed by atoms with van der Waals surface area (Å²) < 4.78 is 2.11. The van der Waals surface area contributed by atoms with E-state index >= 15 is 0 Å². The molecular weight excluding hydrogens is 558 g/mol. The standard InChI is InChI=1S/C43H21N3/c1-3-23-9-11-27-17-29(30-15-13-25-7-5-21(1)34-36(23)40(27)42(30)38(25)34)20-46-33(19-44-45-46)32-18-28-12-10-24-4-2-22-6-8-26-14-16-31(32)43-39(26)35(22)37(24)41(28)43/h1-19H,20H2. The van der Waals surface area contributed by atoms with E-state index in [1.54, 1.807) is 0 Å². The van der Waals surface area contributed by atoms with Crippen LogP contribution in [0.2, 0.25) is 0 Å². The van der Waals surface area contributed by atoms with Crippen LogP contribution in [0.5, 0.6) is 0 Å². The summed E-state index contributed by atoms with van der Waals surface area (Å²) >= 11 is 0. The quantitative estimate of drug-likeness (QED) is 0.195. The maximum atomic E-state index is 4.73. The lowest BCUT2D eigenvalue weighted by Gasteiger charge is -2.14. The van der Waals surface area contributed by atoms with Gasteiger partial charge >= 0.3 is 0 Å². The molecule has 0 aliphatic carbocycles. The van der Waals surface area contributed by atoms with E-state index in [4.69, 9.17) is 5.21 Å². The summed E-state index contributed by atoms with van der Waals surface area (Å²) in [4.78, 5) is 0. The maximum absolute atomic E-state index is 4.73. The van der Waals surface area contributed by atoms with Gasteiger partial charge in [-0.05, 0) is 125 Å². The molecule has 3 nitrogen and oxygen atoms in total. The smallest absolute Gasteiger partial charge is 0.0896 e. The van der Waals surface area contributed by atoms with Gasteiger partial charge in [-0.25, -0.2) is 4.68 Å². The number of nitrogens with zero attached hydrogens (tertiary/aromatic N) is 3. The van der Waals surface area contributed by atoms with Crippen molar-refractivity contribution in [3.05, 3.63) is 121 Å². The van der Waals surface area contributed by atoms with E-state index in [1.807, 2.05) is 6.20 Å². The average Bonchev–Trinajstić information content (AvgIpc) is 3.82. The maximum Gasteiger partial charge on any atom is 0.0896 e. The highest BCUT2D eigenvalue weighted by atomic mass is 15.4. The molecule has 1 aromatic heterocycles. The lowest BCUT2D eigenvalue weighted by molar-refractivity contribution is 0.659. The normalized spacial score (nSPS) is 13.3. The highest BCUT2D eigenvalue weighted by molar-refractivity contribution is 6.46. The van der Waals surface area contributed by atoms with Crippen LogP contribution in [0.1, 0.15) is 5.56 Å². The molecule has 0 radical (unpaired) electrons. The zero-order valence-corrected chi connectivity index (χ0v) is 24.5. The molecule has 13 aromatic rings. The molecule has 0 N–H and O–H groups in total. The first-order valence-electron chi connectivity index (χ1n) is 16.0. The van der Waals surface area contributed by atoms with Gasteiger partial charge in [-0.1, -0.05) is 102 Å². The van der Waals surface area contributed by atoms with E-state index < -0.39 is 0 Å². The lowest BCUT2D eigenvalue weighted by atomic mass is 9.94. The van der Waals surface area contributed by atoms with Crippen molar-refractivity contribution < 1.29 is 0 Å². The Labute approximate surface area is 260 Å². The van der Waals surface area contributed by atoms with E-state index in [-0.39, 0.29) is 0 Å². The van der Waals surface area contributed by atoms with E-state index in [2.05, 4.69) is 119 Å². The monoisotopic (exact) mass is 579 g/mol. The summed E-state index contributed by atoms with van der Waals surface area (Å²) in [6.07, 6.45) is 1.95. The van der Waals surface area contributed by atoms with Crippen LogP contribution < -0.4 is 0 Å². The SMILES string of the molecule is c1nnn(Cc2cc3ccc4ccc5ccc6ccc2c2c6c5c4c32)c1-c1cc2ccc3ccc4ccc5ccc1c1c5c4c3c21. The minimum Gasteiger partial charge on any atom is -0.240 e. The van der Waals surface area contributed by atoms with Crippen molar-refractivity contribution in [2.75, 3.05) is 0 Å². The summed E-state index contributed by atoms with van der Waals surface area (Å²) in [7, 11) is 0. The topological polar surface area (TPSA) is 30.7 Å². The Hall–Kier alpha value is -6.06. The fourth-order valence-electron chi connectivity index (χ4n) is 9.51. The summed E-state index contributed by atoms with van der Waals surface area (Å²) in [6, 6.07) is 41.4. The number of benzene rings is 10. The Kier molecular flexibility index (Phi) is 3.54. The second-order valence-corrected chi connectivity index (χ2v) is 13.4. The second-order valence-electron chi connectivity index (χ2n) is 13.4. The van der Waals surface area contributed by atoms with E-state index in [0.717, 1.165) is 5.69 Å². The Morgan fingerprint density at radius 2 is 0.783 bits per heavy atom. The first-order valence-corrected chi connectivity index (χ1v) is 16.0. The van der Waals surface area contributed by atoms with E-state index in [0.29, 0.717) is 6.54 Å². The Morgan fingerprint density at radius 3 is 1.33 bits per heavy atom. The van der Waals surface area contributed by atoms with Gasteiger partial charge in [-0.15, -0.1) is 5.10 Å². The molecule has 0 aliphatic rings. The number of aromatic nitrogens is 3. The highest BCUT2D eigenvalue weighted by Gasteiger charge is 2.25. The van der Waals surface area contributed by atoms with Gasteiger partial charge in [-0.3, -0.25) is 0 Å². The molecule has 0 saturated carbocycles. The largest absolute Gasteiger partial charge is 0.240 e. The lowest BCUT2D eigenvalue weighted by Crippen LogP contribution is -2.05. The van der Waals surface area contributed by atoms with Gasteiger partial charge in [0.1, 0.15) is 0 Å². The third-order valence-corrected chi connectivity index (χ3v) is 11.3. The van der Waals surface area contributed by atoms with Crippen LogP contribution in [0.15, 0.2) is 115 Å². The first-order chi connectivity index (χ1) is 22.8. The van der Waals surface area contributed by atoms with E-state index in [9.17, 15) is 0 Å². The Balaban J connectivity index is 1.09. The van der Waals surface area contributed by atoms with Crippen LogP contribution in [0, 0.1) is 0 Å². The molecule has 208 valence electrons. The van der Waals surface area contributed by atoms with Crippen LogP contribution in [0.25, 0.3) is 119 Å². The Morgan fingerprint density at radius 1 is 0.391 bits per heavy atom. The fourth-order valence-corrected chi connectivity index (χ4v) is 9.51. The number of hydrogen-bond acceptors (Lipinski definition) is 2. The van der Waals surface area contributed by atoms with E-state index in [1.165, 1.54) is 119 Å². The fraction of sp³-hybridized carbons (Fsp3) is 0.0233. The van der Waals surface area contributed by atoms with Gasteiger partial charge in [0.2, 0.25) is 0 Å². The highest BCUT2D eigenvalue weighted by Crippen LogP contribution is 2.51. The molecule has 0 spiro atoms. The van der Waals surface area contributed by atoms with Gasteiger partial charge in [0.25, 0.3) is 0 Å². The first kappa shape index (κ1) is 22.4. The van der Waals surface area contributed by atoms with Gasteiger partial charge in [-0.2, -0.15) is 0 Å². The third-order valence-electron chi connectivity index (χ3n) is 11.3. The molecule has 0 fully saturated rings. The predicted octanol–water partition coefficient (Wildman–Crippen LogP) is 11.2. The zero-order chi connectivity index (χ0) is 29.4. The van der Waals surface area contributed by atoms with Crippen molar-refractivity contribution in [1.29, 1.82) is 0 Å². The number of rotatable bonds is 3. The van der Waals surface area contributed by atoms with Crippen molar-refractivity contribution in [3.63, 3.8) is 0 Å². The van der Waals surface area contributed by atoms with Gasteiger partial charge in [0.15, 0.2) is 0 Å². The number of hydrogen-bond donors (Lipinski definition) is 0. The molecule has 0 bridgehead atoms. The van der Waals surface area contributed by atoms with Crippen molar-refractivity contribution in [2.45, 2.75) is 6.54 Å². The molecule has 0 aliphatic heterocycles. The zero-order valence-electron chi connectivity index (χ0n) is 24.5. The average molecular weight is 580 g/mol. The molecule has 0 saturated heterocycles. The minimum absolute atomic E-state index is 0.647. The summed E-state index contributed by atoms with van der Waals surface area (Å²) in [6.45, 7) is 0.647. The minimum atomic E-state index is 0.647. The third kappa shape index (κ3) is 2.37. The van der Waals surface area contributed by atoms with Crippen molar-refractivity contribution in [3.8, 4) is 11.3 Å². The van der Waals surface area contributed by atoms with Crippen molar-refractivity contribution >= 4 is 108 Å². The molecule has 12 aromatic carbocycles. The summed E-state index contributed by atoms with van der Waals surface area (Å²) in [5, 5.41) is 36.2. The van der Waals surface area contributed by atoms with Crippen LogP contribution in [-0.4, -0.2) is 15.0 Å². The summed E-state index contributed by atoms with van der Waals surface area (Å²) in [5.74, 6) is 0. The second kappa shape index (κ2) is 7.25. The molecule has 46 heavy (non-hydrogen) atoms. The predicted molar refractivity (Wildman–Crippen MR) is 193 cm³/mol. The van der Waals surface area contributed by atoms with Gasteiger partial charge < -0.3 is 0 Å². The molecule has 0 unspecified atom stereocenters. The molecule has 3 heteroatoms. The molecular formula is C43H21N3. The van der Waals surface area contributed by atoms with Crippen LogP contribution in [0.4, 0.5) is 0 Å². The molecule has 1 heterocycles. The Bertz CT molecular complexity index is 3240. The molecule has 0 atom stereocenters.